The SMILES string of the molecule is CNC(c1ccc(OC)cc1)c1cccc(OC)c1OC. The summed E-state index contributed by atoms with van der Waals surface area (Å²) in [6.45, 7) is 0. The molecule has 0 heterocycles. The monoisotopic (exact) mass is 287 g/mol. The number of methoxy groups -OCH3 is 3. The zero-order valence-electron chi connectivity index (χ0n) is 12.8. The first-order valence-electron chi connectivity index (χ1n) is 6.77. The van der Waals surface area contributed by atoms with Gasteiger partial charge in [-0.3, -0.25) is 0 Å². The quantitative estimate of drug-likeness (QED) is 0.886. The van der Waals surface area contributed by atoms with Crippen molar-refractivity contribution in [2.24, 2.45) is 0 Å². The molecule has 0 aliphatic carbocycles. The van der Waals surface area contributed by atoms with Gasteiger partial charge in [0.2, 0.25) is 0 Å². The van der Waals surface area contributed by atoms with Gasteiger partial charge in [0.25, 0.3) is 0 Å². The molecule has 1 atom stereocenters. The Hall–Kier alpha value is -2.20. The maximum Gasteiger partial charge on any atom is 0.165 e. The second kappa shape index (κ2) is 6.99. The van der Waals surface area contributed by atoms with E-state index in [4.69, 9.17) is 14.2 Å². The lowest BCUT2D eigenvalue weighted by molar-refractivity contribution is 0.349. The Kier molecular flexibility index (Phi) is 5.06. The van der Waals surface area contributed by atoms with Crippen molar-refractivity contribution in [1.82, 2.24) is 5.32 Å². The fourth-order valence-electron chi connectivity index (χ4n) is 2.44. The summed E-state index contributed by atoms with van der Waals surface area (Å²) in [5.41, 5.74) is 2.16. The molecule has 0 radical (unpaired) electrons. The molecule has 0 aliphatic heterocycles. The molecule has 21 heavy (non-hydrogen) atoms. The standard InChI is InChI=1S/C17H21NO3/c1-18-16(12-8-10-13(19-2)11-9-12)14-6-5-7-15(20-3)17(14)21-4/h5-11,16,18H,1-4H3. The summed E-state index contributed by atoms with van der Waals surface area (Å²) in [6, 6.07) is 13.9. The predicted molar refractivity (Wildman–Crippen MR) is 83.4 cm³/mol. The molecule has 2 aromatic carbocycles. The average molecular weight is 287 g/mol. The van der Waals surface area contributed by atoms with Gasteiger partial charge in [-0.15, -0.1) is 0 Å². The van der Waals surface area contributed by atoms with E-state index in [1.54, 1.807) is 21.3 Å². The van der Waals surface area contributed by atoms with Gasteiger partial charge in [0.15, 0.2) is 11.5 Å². The van der Waals surface area contributed by atoms with E-state index in [0.717, 1.165) is 28.4 Å². The van der Waals surface area contributed by atoms with Gasteiger partial charge in [-0.25, -0.2) is 0 Å². The van der Waals surface area contributed by atoms with Gasteiger partial charge in [0.05, 0.1) is 27.4 Å². The molecule has 112 valence electrons. The maximum absolute atomic E-state index is 5.53. The van der Waals surface area contributed by atoms with E-state index in [-0.39, 0.29) is 6.04 Å². The van der Waals surface area contributed by atoms with Crippen molar-refractivity contribution >= 4 is 0 Å². The zero-order chi connectivity index (χ0) is 15.2. The Labute approximate surface area is 125 Å². The Morgan fingerprint density at radius 2 is 1.57 bits per heavy atom. The highest BCUT2D eigenvalue weighted by Crippen LogP contribution is 2.37. The fraction of sp³-hybridized carbons (Fsp3) is 0.294. The van der Waals surface area contributed by atoms with Crippen molar-refractivity contribution in [2.45, 2.75) is 6.04 Å². The summed E-state index contributed by atoms with van der Waals surface area (Å²) in [5.74, 6) is 2.31. The third-order valence-electron chi connectivity index (χ3n) is 3.48. The minimum atomic E-state index is 0.0148. The Balaban J connectivity index is 2.45. The molecule has 0 aliphatic rings. The molecule has 0 saturated heterocycles. The lowest BCUT2D eigenvalue weighted by atomic mass is 9.97. The summed E-state index contributed by atoms with van der Waals surface area (Å²) in [6.07, 6.45) is 0. The van der Waals surface area contributed by atoms with Crippen LogP contribution in [0.3, 0.4) is 0 Å². The fourth-order valence-corrected chi connectivity index (χ4v) is 2.44. The zero-order valence-corrected chi connectivity index (χ0v) is 12.8. The van der Waals surface area contributed by atoms with Gasteiger partial charge in [0, 0.05) is 5.56 Å². The molecule has 0 bridgehead atoms. The van der Waals surface area contributed by atoms with Crippen molar-refractivity contribution in [2.75, 3.05) is 28.4 Å². The highest BCUT2D eigenvalue weighted by molar-refractivity contribution is 5.51. The van der Waals surface area contributed by atoms with Gasteiger partial charge in [-0.1, -0.05) is 24.3 Å². The van der Waals surface area contributed by atoms with E-state index in [9.17, 15) is 0 Å². The smallest absolute Gasteiger partial charge is 0.165 e. The molecule has 0 amide bonds. The van der Waals surface area contributed by atoms with Crippen LogP contribution < -0.4 is 19.5 Å². The third kappa shape index (κ3) is 3.11. The van der Waals surface area contributed by atoms with E-state index < -0.39 is 0 Å². The highest BCUT2D eigenvalue weighted by Gasteiger charge is 2.19. The van der Waals surface area contributed by atoms with Crippen LogP contribution in [0.25, 0.3) is 0 Å². The van der Waals surface area contributed by atoms with Gasteiger partial charge in [-0.2, -0.15) is 0 Å². The minimum absolute atomic E-state index is 0.0148. The molecule has 0 fully saturated rings. The topological polar surface area (TPSA) is 39.7 Å². The molecule has 2 rings (SSSR count). The van der Waals surface area contributed by atoms with Crippen LogP contribution in [-0.2, 0) is 0 Å². The van der Waals surface area contributed by atoms with Crippen LogP contribution in [0.5, 0.6) is 17.2 Å². The van der Waals surface area contributed by atoms with Crippen LogP contribution in [-0.4, -0.2) is 28.4 Å². The molecule has 2 aromatic rings. The second-order valence-electron chi connectivity index (χ2n) is 4.58. The van der Waals surface area contributed by atoms with Crippen LogP contribution in [0.1, 0.15) is 17.2 Å². The minimum Gasteiger partial charge on any atom is -0.497 e. The number of rotatable bonds is 6. The Morgan fingerprint density at radius 3 is 2.10 bits per heavy atom. The van der Waals surface area contributed by atoms with Crippen LogP contribution in [0.2, 0.25) is 0 Å². The Morgan fingerprint density at radius 1 is 0.857 bits per heavy atom. The largest absolute Gasteiger partial charge is 0.497 e. The van der Waals surface area contributed by atoms with E-state index in [1.165, 1.54) is 0 Å². The first-order valence-corrected chi connectivity index (χ1v) is 6.77. The molecule has 0 saturated carbocycles. The molecule has 1 unspecified atom stereocenters. The van der Waals surface area contributed by atoms with Crippen LogP contribution >= 0.6 is 0 Å². The van der Waals surface area contributed by atoms with Crippen LogP contribution in [0.15, 0.2) is 42.5 Å². The number of ether oxygens (including phenoxy) is 3. The highest BCUT2D eigenvalue weighted by atomic mass is 16.5. The van der Waals surface area contributed by atoms with Crippen molar-refractivity contribution in [3.63, 3.8) is 0 Å². The van der Waals surface area contributed by atoms with E-state index in [0.29, 0.717) is 0 Å². The van der Waals surface area contributed by atoms with E-state index in [2.05, 4.69) is 5.32 Å². The maximum atomic E-state index is 5.53. The van der Waals surface area contributed by atoms with Gasteiger partial charge in [-0.05, 0) is 30.8 Å². The second-order valence-corrected chi connectivity index (χ2v) is 4.58. The van der Waals surface area contributed by atoms with Crippen LogP contribution in [0.4, 0.5) is 0 Å². The normalized spacial score (nSPS) is 11.8. The number of nitrogens with one attached hydrogen (secondary N) is 1. The summed E-state index contributed by atoms with van der Waals surface area (Å²) >= 11 is 0. The number of para-hydroxylation sites is 1. The molecule has 1 N–H and O–H groups in total. The lowest BCUT2D eigenvalue weighted by Gasteiger charge is -2.21. The summed E-state index contributed by atoms with van der Waals surface area (Å²) < 4.78 is 16.1. The van der Waals surface area contributed by atoms with Crippen LogP contribution in [0, 0.1) is 0 Å². The third-order valence-corrected chi connectivity index (χ3v) is 3.48. The van der Waals surface area contributed by atoms with Crippen molar-refractivity contribution in [1.29, 1.82) is 0 Å². The Bertz CT molecular complexity index is 581. The van der Waals surface area contributed by atoms with E-state index in [1.807, 2.05) is 49.5 Å². The average Bonchev–Trinajstić information content (AvgIpc) is 2.55. The van der Waals surface area contributed by atoms with Gasteiger partial charge < -0.3 is 19.5 Å². The van der Waals surface area contributed by atoms with Crippen molar-refractivity contribution in [3.8, 4) is 17.2 Å². The van der Waals surface area contributed by atoms with Crippen molar-refractivity contribution < 1.29 is 14.2 Å². The van der Waals surface area contributed by atoms with Crippen molar-refractivity contribution in [3.05, 3.63) is 53.6 Å². The molecular weight excluding hydrogens is 266 g/mol. The van der Waals surface area contributed by atoms with Gasteiger partial charge >= 0.3 is 0 Å². The predicted octanol–water partition coefficient (Wildman–Crippen LogP) is 3.02. The molecule has 0 spiro atoms. The summed E-state index contributed by atoms with van der Waals surface area (Å²) in [7, 11) is 6.88. The van der Waals surface area contributed by atoms with Gasteiger partial charge in [0.1, 0.15) is 5.75 Å². The number of hydrogen-bond donors (Lipinski definition) is 1. The number of hydrogen-bond acceptors (Lipinski definition) is 4. The molecular formula is C17H21NO3. The summed E-state index contributed by atoms with van der Waals surface area (Å²) in [4.78, 5) is 0. The first-order chi connectivity index (χ1) is 10.2. The first kappa shape index (κ1) is 15.2. The lowest BCUT2D eigenvalue weighted by Crippen LogP contribution is -2.18. The molecule has 4 nitrogen and oxygen atoms in total. The number of benzene rings is 2. The molecule has 0 aromatic heterocycles. The summed E-state index contributed by atoms with van der Waals surface area (Å²) in [5, 5.41) is 3.32. The van der Waals surface area contributed by atoms with E-state index >= 15 is 0 Å². The molecule has 4 heteroatoms.